The van der Waals surface area contributed by atoms with E-state index in [9.17, 15) is 4.79 Å². The van der Waals surface area contributed by atoms with Crippen molar-refractivity contribution < 1.29 is 9.53 Å². The Kier molecular flexibility index (Phi) is 2.80. The zero-order valence-corrected chi connectivity index (χ0v) is 10.5. The molecule has 0 saturated heterocycles. The first-order valence-corrected chi connectivity index (χ1v) is 6.09. The summed E-state index contributed by atoms with van der Waals surface area (Å²) >= 11 is 0. The highest BCUT2D eigenvalue weighted by Gasteiger charge is 2.21. The minimum atomic E-state index is -0.222. The van der Waals surface area contributed by atoms with Gasteiger partial charge in [-0.3, -0.25) is 4.79 Å². The molecule has 0 bridgehead atoms. The highest BCUT2D eigenvalue weighted by Crippen LogP contribution is 2.30. The van der Waals surface area contributed by atoms with Crippen molar-refractivity contribution in [3.05, 3.63) is 65.4 Å². The number of hydrogen-bond acceptors (Lipinski definition) is 2. The van der Waals surface area contributed by atoms with E-state index in [0.29, 0.717) is 17.2 Å². The van der Waals surface area contributed by atoms with Crippen LogP contribution in [0.3, 0.4) is 0 Å². The van der Waals surface area contributed by atoms with Crippen LogP contribution >= 0.6 is 0 Å². The standard InChI is InChI=1S/C16H13NO2/c1-11-5-4-6-12(9-11)10-15-16(18)17-13-7-2-3-8-14(13)19-15/h2-10H,1H3,(H,17,18)/b15-10+. The van der Waals surface area contributed by atoms with E-state index < -0.39 is 0 Å². The van der Waals surface area contributed by atoms with Gasteiger partial charge >= 0.3 is 0 Å². The molecule has 3 nitrogen and oxygen atoms in total. The van der Waals surface area contributed by atoms with Gasteiger partial charge in [0.05, 0.1) is 5.69 Å². The topological polar surface area (TPSA) is 38.3 Å². The largest absolute Gasteiger partial charge is 0.449 e. The summed E-state index contributed by atoms with van der Waals surface area (Å²) in [5, 5.41) is 2.81. The fourth-order valence-electron chi connectivity index (χ4n) is 2.01. The van der Waals surface area contributed by atoms with Crippen LogP contribution in [0, 0.1) is 6.92 Å². The second kappa shape index (κ2) is 4.61. The third-order valence-corrected chi connectivity index (χ3v) is 2.92. The Morgan fingerprint density at radius 2 is 1.95 bits per heavy atom. The molecule has 3 heteroatoms. The van der Waals surface area contributed by atoms with Crippen LogP contribution in [0.5, 0.6) is 5.75 Å². The maximum absolute atomic E-state index is 11.9. The molecule has 3 rings (SSSR count). The number of aryl methyl sites for hydroxylation is 1. The van der Waals surface area contributed by atoms with Crippen LogP contribution in [0.15, 0.2) is 54.3 Å². The molecule has 19 heavy (non-hydrogen) atoms. The van der Waals surface area contributed by atoms with E-state index in [2.05, 4.69) is 5.32 Å². The van der Waals surface area contributed by atoms with Crippen molar-refractivity contribution in [2.75, 3.05) is 5.32 Å². The lowest BCUT2D eigenvalue weighted by atomic mass is 10.1. The van der Waals surface area contributed by atoms with E-state index in [4.69, 9.17) is 4.74 Å². The number of para-hydroxylation sites is 2. The number of anilines is 1. The smallest absolute Gasteiger partial charge is 0.291 e. The molecule has 1 aliphatic rings. The van der Waals surface area contributed by atoms with Crippen molar-refractivity contribution in [2.45, 2.75) is 6.92 Å². The Bertz CT molecular complexity index is 674. The molecule has 0 saturated carbocycles. The molecule has 0 radical (unpaired) electrons. The first-order valence-electron chi connectivity index (χ1n) is 6.09. The number of fused-ring (bicyclic) bond motifs is 1. The summed E-state index contributed by atoms with van der Waals surface area (Å²) in [6.07, 6.45) is 1.75. The van der Waals surface area contributed by atoms with Gasteiger partial charge in [0.2, 0.25) is 0 Å². The molecule has 1 N–H and O–H groups in total. The van der Waals surface area contributed by atoms with Gasteiger partial charge in [0.1, 0.15) is 0 Å². The molecule has 0 spiro atoms. The molecule has 2 aromatic rings. The molecule has 1 amide bonds. The van der Waals surface area contributed by atoms with Crippen molar-refractivity contribution in [1.82, 2.24) is 0 Å². The fourth-order valence-corrected chi connectivity index (χ4v) is 2.01. The molecular weight excluding hydrogens is 238 g/mol. The summed E-state index contributed by atoms with van der Waals surface area (Å²) in [6.45, 7) is 2.01. The second-order valence-corrected chi connectivity index (χ2v) is 4.48. The third-order valence-electron chi connectivity index (χ3n) is 2.92. The Morgan fingerprint density at radius 1 is 1.11 bits per heavy atom. The summed E-state index contributed by atoms with van der Waals surface area (Å²) in [6, 6.07) is 15.3. The average Bonchev–Trinajstić information content (AvgIpc) is 2.40. The molecule has 0 aliphatic carbocycles. The molecule has 0 aromatic heterocycles. The van der Waals surface area contributed by atoms with E-state index in [1.54, 1.807) is 6.08 Å². The van der Waals surface area contributed by atoms with Gasteiger partial charge < -0.3 is 10.1 Å². The number of carbonyl (C=O) groups is 1. The van der Waals surface area contributed by atoms with E-state index in [0.717, 1.165) is 11.1 Å². The quantitative estimate of drug-likeness (QED) is 0.789. The maximum Gasteiger partial charge on any atom is 0.291 e. The summed E-state index contributed by atoms with van der Waals surface area (Å²) < 4.78 is 5.64. The van der Waals surface area contributed by atoms with Gasteiger partial charge in [-0.05, 0) is 30.7 Å². The molecule has 94 valence electrons. The number of amides is 1. The number of carbonyl (C=O) groups excluding carboxylic acids is 1. The van der Waals surface area contributed by atoms with Crippen LogP contribution in [0.1, 0.15) is 11.1 Å². The monoisotopic (exact) mass is 251 g/mol. The van der Waals surface area contributed by atoms with Crippen molar-refractivity contribution >= 4 is 17.7 Å². The summed E-state index contributed by atoms with van der Waals surface area (Å²) in [5.41, 5.74) is 2.80. The minimum Gasteiger partial charge on any atom is -0.449 e. The lowest BCUT2D eigenvalue weighted by Crippen LogP contribution is -2.23. The number of ether oxygens (including phenoxy) is 1. The van der Waals surface area contributed by atoms with Crippen LogP contribution < -0.4 is 10.1 Å². The summed E-state index contributed by atoms with van der Waals surface area (Å²) in [4.78, 5) is 11.9. The van der Waals surface area contributed by atoms with Gasteiger partial charge in [0.25, 0.3) is 5.91 Å². The molecule has 1 heterocycles. The average molecular weight is 251 g/mol. The zero-order valence-electron chi connectivity index (χ0n) is 10.5. The molecule has 1 aliphatic heterocycles. The molecule has 0 unspecified atom stereocenters. The van der Waals surface area contributed by atoms with E-state index in [1.807, 2.05) is 55.5 Å². The van der Waals surface area contributed by atoms with E-state index in [1.165, 1.54) is 0 Å². The Balaban J connectivity index is 1.96. The van der Waals surface area contributed by atoms with Crippen LogP contribution in [-0.2, 0) is 4.79 Å². The minimum absolute atomic E-state index is 0.222. The molecule has 0 fully saturated rings. The third kappa shape index (κ3) is 2.36. The van der Waals surface area contributed by atoms with Crippen LogP contribution in [0.25, 0.3) is 6.08 Å². The number of rotatable bonds is 1. The summed E-state index contributed by atoms with van der Waals surface area (Å²) in [5.74, 6) is 0.755. The first-order chi connectivity index (χ1) is 9.22. The van der Waals surface area contributed by atoms with Gasteiger partial charge in [0.15, 0.2) is 11.5 Å². The number of nitrogens with one attached hydrogen (secondary N) is 1. The first kappa shape index (κ1) is 11.5. The Morgan fingerprint density at radius 3 is 2.79 bits per heavy atom. The van der Waals surface area contributed by atoms with Gasteiger partial charge in [-0.25, -0.2) is 0 Å². The van der Waals surface area contributed by atoms with Gasteiger partial charge in [-0.1, -0.05) is 42.0 Å². The van der Waals surface area contributed by atoms with E-state index in [-0.39, 0.29) is 5.91 Å². The van der Waals surface area contributed by atoms with Crippen molar-refractivity contribution in [1.29, 1.82) is 0 Å². The highest BCUT2D eigenvalue weighted by atomic mass is 16.5. The van der Waals surface area contributed by atoms with Crippen molar-refractivity contribution in [2.24, 2.45) is 0 Å². The van der Waals surface area contributed by atoms with Crippen LogP contribution in [0.2, 0.25) is 0 Å². The van der Waals surface area contributed by atoms with Gasteiger partial charge in [0, 0.05) is 0 Å². The van der Waals surface area contributed by atoms with Gasteiger partial charge in [-0.2, -0.15) is 0 Å². The Labute approximate surface area is 111 Å². The number of benzene rings is 2. The van der Waals surface area contributed by atoms with Crippen molar-refractivity contribution in [3.63, 3.8) is 0 Å². The molecule has 2 aromatic carbocycles. The highest BCUT2D eigenvalue weighted by molar-refractivity contribution is 6.08. The second-order valence-electron chi connectivity index (χ2n) is 4.48. The number of hydrogen-bond donors (Lipinski definition) is 1. The predicted octanol–water partition coefficient (Wildman–Crippen LogP) is 3.37. The van der Waals surface area contributed by atoms with Crippen LogP contribution in [-0.4, -0.2) is 5.91 Å². The van der Waals surface area contributed by atoms with Crippen molar-refractivity contribution in [3.8, 4) is 5.75 Å². The normalized spacial score (nSPS) is 15.6. The van der Waals surface area contributed by atoms with E-state index >= 15 is 0 Å². The molecular formula is C16H13NO2. The van der Waals surface area contributed by atoms with Gasteiger partial charge in [-0.15, -0.1) is 0 Å². The van der Waals surface area contributed by atoms with Crippen LogP contribution in [0.4, 0.5) is 5.69 Å². The lowest BCUT2D eigenvalue weighted by Gasteiger charge is -2.19. The SMILES string of the molecule is Cc1cccc(/C=C2/Oc3ccccc3NC2=O)c1. The fraction of sp³-hybridized carbons (Fsp3) is 0.0625. The summed E-state index contributed by atoms with van der Waals surface area (Å²) in [7, 11) is 0. The zero-order chi connectivity index (χ0) is 13.2. The Hall–Kier alpha value is -2.55. The predicted molar refractivity (Wildman–Crippen MR) is 74.9 cm³/mol. The lowest BCUT2D eigenvalue weighted by molar-refractivity contribution is -0.115. The maximum atomic E-state index is 11.9. The molecule has 0 atom stereocenters.